The maximum atomic E-state index is 14.9. The molecule has 0 saturated heterocycles. The maximum absolute atomic E-state index is 14.9. The minimum Gasteiger partial charge on any atom is -0.293 e. The smallest absolute Gasteiger partial charge is 0.173 e. The van der Waals surface area contributed by atoms with Crippen LogP contribution in [0.4, 0.5) is 4.39 Å². The van der Waals surface area contributed by atoms with Crippen LogP contribution in [0.1, 0.15) is 17.5 Å². The Hall–Kier alpha value is -2.22. The molecule has 1 unspecified atom stereocenters. The van der Waals surface area contributed by atoms with Gasteiger partial charge in [0.25, 0.3) is 0 Å². The molecule has 100 valence electrons. The van der Waals surface area contributed by atoms with Crippen molar-refractivity contribution in [3.63, 3.8) is 0 Å². The Morgan fingerprint density at radius 1 is 0.900 bits per heavy atom. The Morgan fingerprint density at radius 3 is 1.85 bits per heavy atom. The first-order chi connectivity index (χ1) is 9.76. The van der Waals surface area contributed by atoms with Crippen molar-refractivity contribution in [1.29, 1.82) is 0 Å². The molecule has 1 aliphatic carbocycles. The summed E-state index contributed by atoms with van der Waals surface area (Å²) in [4.78, 5) is 12.6. The predicted molar refractivity (Wildman–Crippen MR) is 77.3 cm³/mol. The fourth-order valence-corrected chi connectivity index (χ4v) is 2.97. The lowest BCUT2D eigenvalue weighted by Crippen LogP contribution is -2.46. The van der Waals surface area contributed by atoms with Crippen LogP contribution in [-0.4, -0.2) is 12.0 Å². The first-order valence-corrected chi connectivity index (χ1v) is 6.72. The number of carbonyl (C=O) groups excluding carboxylic acids is 1. The fraction of sp³-hybridized carbons (Fsp3) is 0.167. The molecule has 1 aliphatic rings. The molecule has 0 aliphatic heterocycles. The second-order valence-electron chi connectivity index (χ2n) is 5.01. The SMILES string of the molecule is O=C1C=CCC(F)C1(c1ccccc1)c1ccccc1. The van der Waals surface area contributed by atoms with E-state index < -0.39 is 11.6 Å². The normalized spacial score (nSPS) is 20.9. The van der Waals surface area contributed by atoms with Crippen molar-refractivity contribution in [3.8, 4) is 0 Å². The highest BCUT2D eigenvalue weighted by molar-refractivity contribution is 6.03. The summed E-state index contributed by atoms with van der Waals surface area (Å²) < 4.78 is 14.9. The molecule has 0 radical (unpaired) electrons. The van der Waals surface area contributed by atoms with Gasteiger partial charge in [0.15, 0.2) is 5.78 Å². The average molecular weight is 266 g/mol. The number of allylic oxidation sites excluding steroid dienone is 2. The third-order valence-electron chi connectivity index (χ3n) is 3.93. The minimum absolute atomic E-state index is 0.186. The summed E-state index contributed by atoms with van der Waals surface area (Å²) in [6.07, 6.45) is 2.15. The summed E-state index contributed by atoms with van der Waals surface area (Å²) in [7, 11) is 0. The summed E-state index contributed by atoms with van der Waals surface area (Å²) in [5.41, 5.74) is 0.221. The second-order valence-corrected chi connectivity index (χ2v) is 5.01. The third kappa shape index (κ3) is 1.80. The summed E-state index contributed by atoms with van der Waals surface area (Å²) in [5, 5.41) is 0. The first-order valence-electron chi connectivity index (χ1n) is 6.72. The van der Waals surface area contributed by atoms with Crippen molar-refractivity contribution in [3.05, 3.63) is 83.9 Å². The van der Waals surface area contributed by atoms with E-state index in [9.17, 15) is 9.18 Å². The summed E-state index contributed by atoms with van der Waals surface area (Å²) in [5.74, 6) is -0.186. The lowest BCUT2D eigenvalue weighted by Gasteiger charge is -2.37. The number of halogens is 1. The number of hydrogen-bond acceptors (Lipinski definition) is 1. The molecule has 1 nitrogen and oxygen atoms in total. The predicted octanol–water partition coefficient (Wildman–Crippen LogP) is 3.84. The number of alkyl halides is 1. The molecular weight excluding hydrogens is 251 g/mol. The molecule has 1 atom stereocenters. The largest absolute Gasteiger partial charge is 0.293 e. The van der Waals surface area contributed by atoms with Crippen LogP contribution in [0, 0.1) is 0 Å². The Morgan fingerprint density at radius 2 is 1.40 bits per heavy atom. The van der Waals surface area contributed by atoms with Gasteiger partial charge in [-0.05, 0) is 23.6 Å². The van der Waals surface area contributed by atoms with Crippen LogP contribution in [-0.2, 0) is 10.2 Å². The molecule has 0 bridgehead atoms. The van der Waals surface area contributed by atoms with Gasteiger partial charge in [-0.3, -0.25) is 4.79 Å². The van der Waals surface area contributed by atoms with Crippen molar-refractivity contribution in [1.82, 2.24) is 0 Å². The third-order valence-corrected chi connectivity index (χ3v) is 3.93. The number of ketones is 1. The van der Waals surface area contributed by atoms with Gasteiger partial charge in [-0.1, -0.05) is 66.7 Å². The van der Waals surface area contributed by atoms with E-state index in [1.807, 2.05) is 60.7 Å². The molecule has 0 spiro atoms. The van der Waals surface area contributed by atoms with Gasteiger partial charge in [0, 0.05) is 0 Å². The molecule has 20 heavy (non-hydrogen) atoms. The van der Waals surface area contributed by atoms with E-state index in [0.29, 0.717) is 11.1 Å². The molecular formula is C18H15FO. The van der Waals surface area contributed by atoms with Gasteiger partial charge in [0.2, 0.25) is 0 Å². The van der Waals surface area contributed by atoms with Crippen molar-refractivity contribution < 1.29 is 9.18 Å². The number of benzene rings is 2. The zero-order valence-corrected chi connectivity index (χ0v) is 11.0. The maximum Gasteiger partial charge on any atom is 0.173 e. The molecule has 0 N–H and O–H groups in total. The van der Waals surface area contributed by atoms with E-state index in [4.69, 9.17) is 0 Å². The summed E-state index contributed by atoms with van der Waals surface area (Å²) >= 11 is 0. The highest BCUT2D eigenvalue weighted by atomic mass is 19.1. The monoisotopic (exact) mass is 266 g/mol. The summed E-state index contributed by atoms with van der Waals surface area (Å²) in [6, 6.07) is 18.4. The molecule has 2 heteroatoms. The Balaban J connectivity index is 2.29. The Bertz CT molecular complexity index is 591. The standard InChI is InChI=1S/C18H15FO/c19-16-12-7-13-17(20)18(16,14-8-3-1-4-9-14)15-10-5-2-6-11-15/h1-11,13,16H,12H2. The van der Waals surface area contributed by atoms with Crippen LogP contribution in [0.2, 0.25) is 0 Å². The van der Waals surface area contributed by atoms with E-state index in [1.165, 1.54) is 6.08 Å². The van der Waals surface area contributed by atoms with Gasteiger partial charge in [0.1, 0.15) is 11.6 Å². The molecule has 0 aromatic heterocycles. The van der Waals surface area contributed by atoms with E-state index >= 15 is 0 Å². The Labute approximate surface area is 117 Å². The highest BCUT2D eigenvalue weighted by Crippen LogP contribution is 2.42. The van der Waals surface area contributed by atoms with Crippen molar-refractivity contribution in [2.24, 2.45) is 0 Å². The van der Waals surface area contributed by atoms with Crippen LogP contribution < -0.4 is 0 Å². The number of rotatable bonds is 2. The number of carbonyl (C=O) groups is 1. The van der Waals surface area contributed by atoms with Crippen molar-refractivity contribution >= 4 is 5.78 Å². The average Bonchev–Trinajstić information content (AvgIpc) is 2.50. The molecule has 3 rings (SSSR count). The van der Waals surface area contributed by atoms with E-state index in [0.717, 1.165) is 0 Å². The van der Waals surface area contributed by atoms with Gasteiger partial charge >= 0.3 is 0 Å². The van der Waals surface area contributed by atoms with E-state index in [-0.39, 0.29) is 12.2 Å². The minimum atomic E-state index is -1.25. The second kappa shape index (κ2) is 5.04. The van der Waals surface area contributed by atoms with E-state index in [2.05, 4.69) is 0 Å². The zero-order chi connectivity index (χ0) is 14.0. The lowest BCUT2D eigenvalue weighted by atomic mass is 9.65. The molecule has 2 aromatic rings. The van der Waals surface area contributed by atoms with Crippen molar-refractivity contribution in [2.45, 2.75) is 18.0 Å². The van der Waals surface area contributed by atoms with Crippen LogP contribution in [0.25, 0.3) is 0 Å². The van der Waals surface area contributed by atoms with Crippen molar-refractivity contribution in [2.75, 3.05) is 0 Å². The van der Waals surface area contributed by atoms with Crippen LogP contribution >= 0.6 is 0 Å². The van der Waals surface area contributed by atoms with Crippen LogP contribution in [0.5, 0.6) is 0 Å². The number of hydrogen-bond donors (Lipinski definition) is 0. The topological polar surface area (TPSA) is 17.1 Å². The molecule has 2 aromatic carbocycles. The quantitative estimate of drug-likeness (QED) is 0.807. The van der Waals surface area contributed by atoms with Crippen LogP contribution in [0.15, 0.2) is 72.8 Å². The lowest BCUT2D eigenvalue weighted by molar-refractivity contribution is -0.121. The first kappa shape index (κ1) is 12.8. The molecule has 0 amide bonds. The highest BCUT2D eigenvalue weighted by Gasteiger charge is 2.49. The van der Waals surface area contributed by atoms with Crippen LogP contribution in [0.3, 0.4) is 0 Å². The van der Waals surface area contributed by atoms with Gasteiger partial charge in [-0.25, -0.2) is 4.39 Å². The van der Waals surface area contributed by atoms with E-state index in [1.54, 1.807) is 6.08 Å². The molecule has 0 saturated carbocycles. The molecule has 0 heterocycles. The fourth-order valence-electron chi connectivity index (χ4n) is 2.97. The van der Waals surface area contributed by atoms with Gasteiger partial charge in [-0.15, -0.1) is 0 Å². The Kier molecular flexibility index (Phi) is 3.23. The van der Waals surface area contributed by atoms with Gasteiger partial charge in [0.05, 0.1) is 0 Å². The summed E-state index contributed by atoms with van der Waals surface area (Å²) in [6.45, 7) is 0. The van der Waals surface area contributed by atoms with Gasteiger partial charge < -0.3 is 0 Å². The molecule has 0 fully saturated rings. The zero-order valence-electron chi connectivity index (χ0n) is 11.0. The van der Waals surface area contributed by atoms with Gasteiger partial charge in [-0.2, -0.15) is 0 Å².